The van der Waals surface area contributed by atoms with Crippen molar-refractivity contribution >= 4 is 11.8 Å². The molecule has 15 heavy (non-hydrogen) atoms. The Labute approximate surface area is 95.2 Å². The second-order valence-corrected chi connectivity index (χ2v) is 4.92. The summed E-state index contributed by atoms with van der Waals surface area (Å²) in [5, 5.41) is 0. The maximum Gasteiger partial charge on any atom is 0.0967 e. The smallest absolute Gasteiger partial charge is 0.0967 e. The van der Waals surface area contributed by atoms with Crippen LogP contribution in [0.1, 0.15) is 18.4 Å². The Morgan fingerprint density at radius 3 is 2.60 bits per heavy atom. The fourth-order valence-electron chi connectivity index (χ4n) is 1.33. The van der Waals surface area contributed by atoms with E-state index in [0.717, 1.165) is 18.5 Å². The van der Waals surface area contributed by atoms with E-state index in [1.807, 2.05) is 0 Å². The molecule has 0 aromatic heterocycles. The lowest BCUT2D eigenvalue weighted by Crippen LogP contribution is -1.96. The summed E-state index contributed by atoms with van der Waals surface area (Å²) in [6.45, 7) is 1.55. The van der Waals surface area contributed by atoms with Crippen molar-refractivity contribution in [1.82, 2.24) is 0 Å². The first kappa shape index (κ1) is 11.0. The molecular weight excluding hydrogens is 206 g/mol. The Balaban J connectivity index is 1.67. The molecule has 3 heteroatoms. The van der Waals surface area contributed by atoms with Crippen LogP contribution < -0.4 is 5.73 Å². The highest BCUT2D eigenvalue weighted by Crippen LogP contribution is 2.29. The Hall–Kier alpha value is -0.510. The molecule has 0 radical (unpaired) electrons. The Kier molecular flexibility index (Phi) is 4.06. The van der Waals surface area contributed by atoms with Crippen molar-refractivity contribution in [2.75, 3.05) is 12.5 Å². The predicted molar refractivity (Wildman–Crippen MR) is 63.7 cm³/mol. The van der Waals surface area contributed by atoms with Crippen LogP contribution in [0.15, 0.2) is 29.2 Å². The topological polar surface area (TPSA) is 35.2 Å². The largest absolute Gasteiger partial charge is 0.370 e. The van der Waals surface area contributed by atoms with E-state index < -0.39 is 0 Å². The molecule has 0 heterocycles. The molecule has 0 bridgehead atoms. The van der Waals surface area contributed by atoms with Crippen molar-refractivity contribution in [3.63, 3.8) is 0 Å². The van der Waals surface area contributed by atoms with Gasteiger partial charge in [-0.25, -0.2) is 0 Å². The van der Waals surface area contributed by atoms with Gasteiger partial charge in [-0.05, 0) is 36.5 Å². The number of benzene rings is 1. The van der Waals surface area contributed by atoms with Crippen LogP contribution >= 0.6 is 11.8 Å². The molecule has 2 rings (SSSR count). The third-order valence-corrected chi connectivity index (χ3v) is 3.41. The molecule has 0 unspecified atom stereocenters. The molecule has 1 fully saturated rings. The minimum absolute atomic E-state index is 0.614. The lowest BCUT2D eigenvalue weighted by molar-refractivity contribution is 0.171. The van der Waals surface area contributed by atoms with E-state index >= 15 is 0 Å². The predicted octanol–water partition coefficient (Wildman–Crippen LogP) is 2.62. The van der Waals surface area contributed by atoms with E-state index in [1.165, 1.54) is 23.3 Å². The molecule has 1 saturated carbocycles. The quantitative estimate of drug-likeness (QED) is 0.457. The lowest BCUT2D eigenvalue weighted by Gasteiger charge is -2.03. The van der Waals surface area contributed by atoms with E-state index in [1.54, 1.807) is 11.8 Å². The average Bonchev–Trinajstić information content (AvgIpc) is 3.09. The van der Waals surface area contributed by atoms with Crippen molar-refractivity contribution in [1.29, 1.82) is 0 Å². The molecule has 1 aromatic rings. The zero-order valence-corrected chi connectivity index (χ0v) is 9.63. The van der Waals surface area contributed by atoms with Crippen molar-refractivity contribution in [3.05, 3.63) is 29.8 Å². The summed E-state index contributed by atoms with van der Waals surface area (Å²) in [7, 11) is 0. The van der Waals surface area contributed by atoms with Gasteiger partial charge in [-0.15, -0.1) is 0 Å². The normalized spacial score (nSPS) is 15.5. The molecule has 0 atom stereocenters. The molecule has 0 amide bonds. The monoisotopic (exact) mass is 223 g/mol. The third-order valence-electron chi connectivity index (χ3n) is 2.52. The van der Waals surface area contributed by atoms with Crippen LogP contribution in [0.5, 0.6) is 0 Å². The minimum atomic E-state index is 0.614. The van der Waals surface area contributed by atoms with Gasteiger partial charge in [0.2, 0.25) is 0 Å². The molecule has 2 N–H and O–H groups in total. The van der Waals surface area contributed by atoms with Gasteiger partial charge in [0, 0.05) is 11.4 Å². The number of rotatable bonds is 6. The maximum atomic E-state index is 5.56. The standard InChI is InChI=1S/C12H17NOS/c13-7-10-3-5-12(6-4-10)15-9-14-8-11-1-2-11/h3-6,11H,1-2,7-9,13H2. The highest BCUT2D eigenvalue weighted by atomic mass is 32.2. The van der Waals surface area contributed by atoms with E-state index in [0.29, 0.717) is 6.54 Å². The van der Waals surface area contributed by atoms with Crippen LogP contribution in [0, 0.1) is 5.92 Å². The van der Waals surface area contributed by atoms with Crippen molar-refractivity contribution in [2.45, 2.75) is 24.3 Å². The number of thioether (sulfide) groups is 1. The second-order valence-electron chi connectivity index (χ2n) is 3.92. The lowest BCUT2D eigenvalue weighted by atomic mass is 10.2. The number of nitrogens with two attached hydrogens (primary N) is 1. The van der Waals surface area contributed by atoms with Gasteiger partial charge < -0.3 is 10.5 Å². The van der Waals surface area contributed by atoms with Gasteiger partial charge in [-0.2, -0.15) is 0 Å². The summed E-state index contributed by atoms with van der Waals surface area (Å²) >= 11 is 1.75. The van der Waals surface area contributed by atoms with Gasteiger partial charge in [0.1, 0.15) is 0 Å². The van der Waals surface area contributed by atoms with E-state index in [2.05, 4.69) is 24.3 Å². The first-order chi connectivity index (χ1) is 7.38. The summed E-state index contributed by atoms with van der Waals surface area (Å²) in [6.07, 6.45) is 2.71. The molecular formula is C12H17NOS. The molecule has 0 spiro atoms. The van der Waals surface area contributed by atoms with Crippen LogP contribution in [0.25, 0.3) is 0 Å². The second kappa shape index (κ2) is 5.54. The van der Waals surface area contributed by atoms with Gasteiger partial charge >= 0.3 is 0 Å². The van der Waals surface area contributed by atoms with Gasteiger partial charge in [0.05, 0.1) is 12.5 Å². The van der Waals surface area contributed by atoms with Gasteiger partial charge in [-0.1, -0.05) is 23.9 Å². The summed E-state index contributed by atoms with van der Waals surface area (Å²) in [4.78, 5) is 1.25. The molecule has 1 aromatic carbocycles. The highest BCUT2D eigenvalue weighted by Gasteiger charge is 2.20. The minimum Gasteiger partial charge on any atom is -0.370 e. The SMILES string of the molecule is NCc1ccc(SCOCC2CC2)cc1. The molecule has 1 aliphatic rings. The Morgan fingerprint density at radius 1 is 1.27 bits per heavy atom. The van der Waals surface area contributed by atoms with E-state index in [-0.39, 0.29) is 0 Å². The van der Waals surface area contributed by atoms with E-state index in [9.17, 15) is 0 Å². The van der Waals surface area contributed by atoms with Gasteiger partial charge in [-0.3, -0.25) is 0 Å². The number of hydrogen-bond donors (Lipinski definition) is 1. The maximum absolute atomic E-state index is 5.56. The number of ether oxygens (including phenoxy) is 1. The Bertz CT molecular complexity index is 295. The molecule has 2 nitrogen and oxygen atoms in total. The van der Waals surface area contributed by atoms with Crippen molar-refractivity contribution in [3.8, 4) is 0 Å². The third kappa shape index (κ3) is 3.86. The molecule has 82 valence electrons. The first-order valence-electron chi connectivity index (χ1n) is 5.38. The fraction of sp³-hybridized carbons (Fsp3) is 0.500. The zero-order chi connectivity index (χ0) is 10.5. The highest BCUT2D eigenvalue weighted by molar-refractivity contribution is 7.99. The van der Waals surface area contributed by atoms with Crippen molar-refractivity contribution in [2.24, 2.45) is 11.7 Å². The van der Waals surface area contributed by atoms with E-state index in [4.69, 9.17) is 10.5 Å². The first-order valence-corrected chi connectivity index (χ1v) is 6.36. The summed E-state index contributed by atoms with van der Waals surface area (Å²) in [6, 6.07) is 8.35. The van der Waals surface area contributed by atoms with Crippen LogP contribution in [0.4, 0.5) is 0 Å². The van der Waals surface area contributed by atoms with Crippen LogP contribution in [-0.2, 0) is 11.3 Å². The summed E-state index contributed by atoms with van der Waals surface area (Å²) in [5.74, 6) is 1.61. The average molecular weight is 223 g/mol. The summed E-state index contributed by atoms with van der Waals surface area (Å²) < 4.78 is 5.56. The van der Waals surface area contributed by atoms with Crippen LogP contribution in [-0.4, -0.2) is 12.5 Å². The molecule has 1 aliphatic carbocycles. The Morgan fingerprint density at radius 2 is 2.00 bits per heavy atom. The summed E-state index contributed by atoms with van der Waals surface area (Å²) in [5.41, 5.74) is 6.71. The van der Waals surface area contributed by atoms with Gasteiger partial charge in [0.25, 0.3) is 0 Å². The fourth-order valence-corrected chi connectivity index (χ4v) is 1.97. The molecule has 0 saturated heterocycles. The van der Waals surface area contributed by atoms with Crippen LogP contribution in [0.2, 0.25) is 0 Å². The van der Waals surface area contributed by atoms with Crippen molar-refractivity contribution < 1.29 is 4.74 Å². The number of hydrogen-bond acceptors (Lipinski definition) is 3. The van der Waals surface area contributed by atoms with Crippen LogP contribution in [0.3, 0.4) is 0 Å². The molecule has 0 aliphatic heterocycles. The van der Waals surface area contributed by atoms with Gasteiger partial charge in [0.15, 0.2) is 0 Å². The zero-order valence-electron chi connectivity index (χ0n) is 8.82.